The van der Waals surface area contributed by atoms with Gasteiger partial charge in [-0.25, -0.2) is 0 Å². The molecule has 0 atom stereocenters. The quantitative estimate of drug-likeness (QED) is 0.900. The molecule has 2 N–H and O–H groups in total. The van der Waals surface area contributed by atoms with Crippen LogP contribution in [0.1, 0.15) is 0 Å². The molecule has 1 aromatic heterocycles. The minimum atomic E-state index is 0.588. The van der Waals surface area contributed by atoms with Gasteiger partial charge in [-0.05, 0) is 17.1 Å². The van der Waals surface area contributed by atoms with E-state index in [-0.39, 0.29) is 0 Å². The maximum Gasteiger partial charge on any atom is 0.147 e. The third kappa shape index (κ3) is 2.63. The fourth-order valence-corrected chi connectivity index (χ4v) is 2.58. The van der Waals surface area contributed by atoms with E-state index < -0.39 is 0 Å². The second-order valence-corrected chi connectivity index (χ2v) is 4.78. The van der Waals surface area contributed by atoms with Crippen LogP contribution in [0.4, 0.5) is 10.8 Å². The molecule has 18 heavy (non-hydrogen) atoms. The Morgan fingerprint density at radius 1 is 1.33 bits per heavy atom. The lowest BCUT2D eigenvalue weighted by molar-refractivity contribution is 0.206. The van der Waals surface area contributed by atoms with Crippen LogP contribution in [0.5, 0.6) is 0 Å². The molecule has 0 aliphatic carbocycles. The Labute approximate surface area is 111 Å². The number of benzene rings is 1. The zero-order valence-electron chi connectivity index (χ0n) is 10.6. The summed E-state index contributed by atoms with van der Waals surface area (Å²) in [6.07, 6.45) is 0. The van der Waals surface area contributed by atoms with Gasteiger partial charge in [-0.2, -0.15) is 4.37 Å². The molecule has 2 aromatic rings. The van der Waals surface area contributed by atoms with Crippen molar-refractivity contribution in [1.82, 2.24) is 4.37 Å². The predicted octanol–water partition coefficient (Wildman–Crippen LogP) is 2.47. The van der Waals surface area contributed by atoms with Gasteiger partial charge in [0.15, 0.2) is 0 Å². The number of nitrogens with zero attached hydrogens (tertiary/aromatic N) is 2. The van der Waals surface area contributed by atoms with Crippen molar-refractivity contribution in [3.63, 3.8) is 0 Å². The van der Waals surface area contributed by atoms with Crippen LogP contribution in [0, 0.1) is 0 Å². The first-order valence-electron chi connectivity index (χ1n) is 5.74. The van der Waals surface area contributed by atoms with Crippen molar-refractivity contribution in [3.05, 3.63) is 30.3 Å². The third-order valence-electron chi connectivity index (χ3n) is 2.74. The van der Waals surface area contributed by atoms with Crippen LogP contribution < -0.4 is 10.6 Å². The fourth-order valence-electron chi connectivity index (χ4n) is 1.76. The number of ether oxygens (including phenoxy) is 1. The van der Waals surface area contributed by atoms with Gasteiger partial charge in [-0.15, -0.1) is 0 Å². The molecule has 5 heteroatoms. The normalized spacial score (nSPS) is 10.6. The molecule has 0 aliphatic heterocycles. The lowest BCUT2D eigenvalue weighted by Gasteiger charge is -2.18. The van der Waals surface area contributed by atoms with Gasteiger partial charge in [0, 0.05) is 20.7 Å². The van der Waals surface area contributed by atoms with Crippen molar-refractivity contribution in [2.45, 2.75) is 0 Å². The maximum absolute atomic E-state index is 5.98. The molecule has 0 unspecified atom stereocenters. The monoisotopic (exact) mass is 263 g/mol. The van der Waals surface area contributed by atoms with Crippen LogP contribution >= 0.6 is 11.5 Å². The molecule has 0 saturated heterocycles. The van der Waals surface area contributed by atoms with Gasteiger partial charge in [0.2, 0.25) is 0 Å². The number of hydrogen-bond acceptors (Lipinski definition) is 5. The Morgan fingerprint density at radius 2 is 2.06 bits per heavy atom. The summed E-state index contributed by atoms with van der Waals surface area (Å²) in [5.74, 6) is 0.588. The number of rotatable bonds is 5. The molecule has 1 heterocycles. The summed E-state index contributed by atoms with van der Waals surface area (Å²) in [5, 5.41) is 1.08. The van der Waals surface area contributed by atoms with E-state index in [4.69, 9.17) is 10.5 Å². The zero-order chi connectivity index (χ0) is 13.0. The molecular weight excluding hydrogens is 246 g/mol. The molecule has 1 aromatic carbocycles. The van der Waals surface area contributed by atoms with Gasteiger partial charge in [-0.3, -0.25) is 0 Å². The van der Waals surface area contributed by atoms with E-state index in [0.29, 0.717) is 12.4 Å². The zero-order valence-corrected chi connectivity index (χ0v) is 11.4. The van der Waals surface area contributed by atoms with Crippen LogP contribution in [0.3, 0.4) is 0 Å². The Morgan fingerprint density at radius 3 is 2.72 bits per heavy atom. The molecule has 2 rings (SSSR count). The molecule has 0 radical (unpaired) electrons. The average Bonchev–Trinajstić information content (AvgIpc) is 2.79. The molecule has 4 nitrogen and oxygen atoms in total. The van der Waals surface area contributed by atoms with Crippen molar-refractivity contribution in [3.8, 4) is 11.1 Å². The highest BCUT2D eigenvalue weighted by molar-refractivity contribution is 7.11. The molecule has 0 aliphatic rings. The fraction of sp³-hybridized carbons (Fsp3) is 0.308. The Balaban J connectivity index is 2.33. The van der Waals surface area contributed by atoms with E-state index in [2.05, 4.69) is 9.27 Å². The van der Waals surface area contributed by atoms with Gasteiger partial charge in [0.25, 0.3) is 0 Å². The summed E-state index contributed by atoms with van der Waals surface area (Å²) in [5.41, 5.74) is 8.09. The first-order valence-corrected chi connectivity index (χ1v) is 6.52. The smallest absolute Gasteiger partial charge is 0.147 e. The number of likely N-dealkylation sites (N-methyl/N-ethyl adjacent to an activating group) is 1. The number of nitrogens with two attached hydrogens (primary N) is 1. The molecule has 96 valence electrons. The number of nitrogen functional groups attached to an aromatic ring is 1. The summed E-state index contributed by atoms with van der Waals surface area (Å²) in [4.78, 5) is 2.12. The van der Waals surface area contributed by atoms with Crippen molar-refractivity contribution in [2.24, 2.45) is 0 Å². The first-order chi connectivity index (χ1) is 8.74. The lowest BCUT2D eigenvalue weighted by Crippen LogP contribution is -2.21. The first kappa shape index (κ1) is 12.9. The summed E-state index contributed by atoms with van der Waals surface area (Å²) in [6.45, 7) is 1.50. The SMILES string of the molecule is COCCN(C)c1snc(N)c1-c1ccccc1. The summed E-state index contributed by atoms with van der Waals surface area (Å²) in [7, 11) is 3.73. The highest BCUT2D eigenvalue weighted by Gasteiger charge is 2.16. The third-order valence-corrected chi connectivity index (χ3v) is 3.72. The minimum Gasteiger partial charge on any atom is -0.383 e. The predicted molar refractivity (Wildman–Crippen MR) is 77.1 cm³/mol. The van der Waals surface area contributed by atoms with Crippen molar-refractivity contribution < 1.29 is 4.74 Å². The Bertz CT molecular complexity index is 498. The second kappa shape index (κ2) is 5.84. The second-order valence-electron chi connectivity index (χ2n) is 4.03. The summed E-state index contributed by atoms with van der Waals surface area (Å²) >= 11 is 1.42. The van der Waals surface area contributed by atoms with E-state index >= 15 is 0 Å². The number of aromatic nitrogens is 1. The van der Waals surface area contributed by atoms with E-state index in [1.54, 1.807) is 7.11 Å². The maximum atomic E-state index is 5.98. The number of hydrogen-bond donors (Lipinski definition) is 1. The number of methoxy groups -OCH3 is 1. The molecule has 0 amide bonds. The van der Waals surface area contributed by atoms with E-state index in [0.717, 1.165) is 22.7 Å². The highest BCUT2D eigenvalue weighted by atomic mass is 32.1. The average molecular weight is 263 g/mol. The standard InChI is InChI=1S/C13H17N3OS/c1-16(8-9-17-2)13-11(12(14)15-18-13)10-6-4-3-5-7-10/h3-7H,8-9H2,1-2H3,(H2,14,15). The van der Waals surface area contributed by atoms with Crippen LogP contribution in [0.25, 0.3) is 11.1 Å². The molecular formula is C13H17N3OS. The van der Waals surface area contributed by atoms with Crippen LogP contribution in [0.2, 0.25) is 0 Å². The molecule has 0 saturated carbocycles. The van der Waals surface area contributed by atoms with Gasteiger partial charge >= 0.3 is 0 Å². The lowest BCUT2D eigenvalue weighted by atomic mass is 10.1. The van der Waals surface area contributed by atoms with E-state index in [1.165, 1.54) is 11.5 Å². The van der Waals surface area contributed by atoms with Crippen LogP contribution in [-0.2, 0) is 4.74 Å². The Kier molecular flexibility index (Phi) is 4.17. The van der Waals surface area contributed by atoms with Crippen molar-refractivity contribution in [1.29, 1.82) is 0 Å². The van der Waals surface area contributed by atoms with Crippen molar-refractivity contribution >= 4 is 22.4 Å². The molecule has 0 fully saturated rings. The number of anilines is 2. The van der Waals surface area contributed by atoms with E-state index in [1.807, 2.05) is 37.4 Å². The van der Waals surface area contributed by atoms with Gasteiger partial charge in [0.05, 0.1) is 12.2 Å². The van der Waals surface area contributed by atoms with Gasteiger partial charge in [0.1, 0.15) is 10.8 Å². The molecule has 0 spiro atoms. The topological polar surface area (TPSA) is 51.4 Å². The van der Waals surface area contributed by atoms with Crippen LogP contribution in [0.15, 0.2) is 30.3 Å². The summed E-state index contributed by atoms with van der Waals surface area (Å²) < 4.78 is 9.36. The summed E-state index contributed by atoms with van der Waals surface area (Å²) in [6, 6.07) is 10.1. The van der Waals surface area contributed by atoms with Crippen molar-refractivity contribution in [2.75, 3.05) is 37.9 Å². The van der Waals surface area contributed by atoms with E-state index in [9.17, 15) is 0 Å². The van der Waals surface area contributed by atoms with Gasteiger partial charge in [-0.1, -0.05) is 30.3 Å². The van der Waals surface area contributed by atoms with Gasteiger partial charge < -0.3 is 15.4 Å². The molecule has 0 bridgehead atoms. The van der Waals surface area contributed by atoms with Crippen LogP contribution in [-0.4, -0.2) is 31.7 Å². The minimum absolute atomic E-state index is 0.588. The largest absolute Gasteiger partial charge is 0.383 e. The highest BCUT2D eigenvalue weighted by Crippen LogP contribution is 2.38. The Hall–Kier alpha value is -1.59.